The lowest BCUT2D eigenvalue weighted by Crippen LogP contribution is -2.34. The van der Waals surface area contributed by atoms with E-state index in [9.17, 15) is 9.59 Å². The fourth-order valence-electron chi connectivity index (χ4n) is 3.17. The Hall–Kier alpha value is -3.84. The van der Waals surface area contributed by atoms with E-state index in [1.165, 1.54) is 0 Å². The Kier molecular flexibility index (Phi) is 5.36. The molecule has 0 aliphatic carbocycles. The third kappa shape index (κ3) is 3.97. The molecule has 7 heteroatoms. The van der Waals surface area contributed by atoms with Crippen molar-refractivity contribution in [1.29, 1.82) is 0 Å². The van der Waals surface area contributed by atoms with Gasteiger partial charge in [-0.3, -0.25) is 19.5 Å². The van der Waals surface area contributed by atoms with Crippen molar-refractivity contribution in [2.24, 2.45) is 0 Å². The van der Waals surface area contributed by atoms with Crippen molar-refractivity contribution in [3.63, 3.8) is 0 Å². The quantitative estimate of drug-likeness (QED) is 0.499. The molecule has 0 saturated carbocycles. The molecule has 148 valence electrons. The van der Waals surface area contributed by atoms with Gasteiger partial charge < -0.3 is 5.32 Å². The Labute approximate surface area is 178 Å². The summed E-state index contributed by atoms with van der Waals surface area (Å²) in [6.07, 6.45) is 0. The van der Waals surface area contributed by atoms with Gasteiger partial charge in [0.05, 0.1) is 16.6 Å². The summed E-state index contributed by atoms with van der Waals surface area (Å²) in [5, 5.41) is 6.38. The number of anilines is 1. The highest BCUT2D eigenvalue weighted by atomic mass is 32.1. The molecule has 0 unspecified atom stereocenters. The third-order valence-electron chi connectivity index (χ3n) is 4.59. The molecule has 0 bridgehead atoms. The number of benzene rings is 3. The number of nitrogens with one attached hydrogen (secondary N) is 2. The number of carbonyl (C=O) groups is 1. The number of thiocarbonyl (C=S) groups is 1. The van der Waals surface area contributed by atoms with Crippen molar-refractivity contribution in [1.82, 2.24) is 14.9 Å². The van der Waals surface area contributed by atoms with E-state index < -0.39 is 0 Å². The van der Waals surface area contributed by atoms with Crippen LogP contribution in [0.25, 0.3) is 16.6 Å². The van der Waals surface area contributed by atoms with Crippen molar-refractivity contribution >= 4 is 39.8 Å². The summed E-state index contributed by atoms with van der Waals surface area (Å²) < 4.78 is 1.57. The monoisotopic (exact) mass is 414 g/mol. The Bertz CT molecular complexity index is 1300. The van der Waals surface area contributed by atoms with Crippen molar-refractivity contribution in [3.8, 4) is 5.69 Å². The Morgan fingerprint density at radius 1 is 0.933 bits per heavy atom. The van der Waals surface area contributed by atoms with Crippen LogP contribution in [0, 0.1) is 6.92 Å². The van der Waals surface area contributed by atoms with Crippen LogP contribution in [0.15, 0.2) is 83.7 Å². The van der Waals surface area contributed by atoms with Gasteiger partial charge in [0.25, 0.3) is 11.5 Å². The minimum Gasteiger partial charge on any atom is -0.332 e. The smallest absolute Gasteiger partial charge is 0.265 e. The molecule has 0 aliphatic heterocycles. The number of aromatic nitrogens is 2. The lowest BCUT2D eigenvalue weighted by molar-refractivity contribution is 0.0977. The number of amides is 1. The maximum absolute atomic E-state index is 12.9. The number of carbonyl (C=O) groups excluding carboxylic acids is 1. The first-order valence-corrected chi connectivity index (χ1v) is 9.70. The van der Waals surface area contributed by atoms with Gasteiger partial charge in [-0.05, 0) is 67.7 Å². The van der Waals surface area contributed by atoms with E-state index in [0.29, 0.717) is 33.7 Å². The van der Waals surface area contributed by atoms with Crippen LogP contribution in [0.4, 0.5) is 5.69 Å². The number of aryl methyl sites for hydroxylation is 1. The van der Waals surface area contributed by atoms with Crippen molar-refractivity contribution in [2.75, 3.05) is 5.32 Å². The Morgan fingerprint density at radius 2 is 1.60 bits per heavy atom. The summed E-state index contributed by atoms with van der Waals surface area (Å²) in [6.45, 7) is 1.80. The number of hydrogen-bond donors (Lipinski definition) is 2. The highest BCUT2D eigenvalue weighted by Gasteiger charge is 2.10. The number of fused-ring (bicyclic) bond motifs is 1. The molecule has 1 heterocycles. The maximum atomic E-state index is 12.9. The van der Waals surface area contributed by atoms with Crippen molar-refractivity contribution in [2.45, 2.75) is 6.92 Å². The molecule has 4 aromatic rings. The summed E-state index contributed by atoms with van der Waals surface area (Å²) >= 11 is 5.22. The molecule has 1 amide bonds. The van der Waals surface area contributed by atoms with Crippen LogP contribution in [-0.2, 0) is 0 Å². The second-order valence-electron chi connectivity index (χ2n) is 6.64. The first-order valence-electron chi connectivity index (χ1n) is 9.29. The zero-order valence-corrected chi connectivity index (χ0v) is 16.9. The lowest BCUT2D eigenvalue weighted by atomic mass is 10.2. The second-order valence-corrected chi connectivity index (χ2v) is 7.05. The summed E-state index contributed by atoms with van der Waals surface area (Å²) in [4.78, 5) is 29.6. The average Bonchev–Trinajstić information content (AvgIpc) is 2.75. The van der Waals surface area contributed by atoms with Gasteiger partial charge >= 0.3 is 0 Å². The van der Waals surface area contributed by atoms with Gasteiger partial charge in [-0.2, -0.15) is 0 Å². The van der Waals surface area contributed by atoms with E-state index in [0.717, 1.165) is 0 Å². The van der Waals surface area contributed by atoms with Crippen molar-refractivity contribution in [3.05, 3.63) is 101 Å². The van der Waals surface area contributed by atoms with Gasteiger partial charge in [-0.25, -0.2) is 4.98 Å². The molecule has 2 N–H and O–H groups in total. The molecule has 0 saturated heterocycles. The van der Waals surface area contributed by atoms with Gasteiger partial charge in [0.1, 0.15) is 5.82 Å². The van der Waals surface area contributed by atoms with Gasteiger partial charge in [0.2, 0.25) is 0 Å². The summed E-state index contributed by atoms with van der Waals surface area (Å²) in [5.41, 5.74) is 2.46. The minimum absolute atomic E-state index is 0.121. The van der Waals surface area contributed by atoms with Gasteiger partial charge in [-0.15, -0.1) is 0 Å². The molecule has 0 radical (unpaired) electrons. The third-order valence-corrected chi connectivity index (χ3v) is 4.79. The molecule has 3 aromatic carbocycles. The lowest BCUT2D eigenvalue weighted by Gasteiger charge is -2.13. The van der Waals surface area contributed by atoms with E-state index >= 15 is 0 Å². The fraction of sp³-hybridized carbons (Fsp3) is 0.0435. The van der Waals surface area contributed by atoms with Gasteiger partial charge in [0.15, 0.2) is 5.11 Å². The number of rotatable bonds is 3. The van der Waals surface area contributed by atoms with E-state index in [1.807, 2.05) is 24.3 Å². The zero-order valence-electron chi connectivity index (χ0n) is 16.1. The Morgan fingerprint density at radius 3 is 2.33 bits per heavy atom. The summed E-state index contributed by atoms with van der Waals surface area (Å²) in [7, 11) is 0. The molecule has 4 rings (SSSR count). The second kappa shape index (κ2) is 8.26. The van der Waals surface area contributed by atoms with Crippen LogP contribution >= 0.6 is 12.2 Å². The fourth-order valence-corrected chi connectivity index (χ4v) is 3.38. The topological polar surface area (TPSA) is 76.0 Å². The molecule has 30 heavy (non-hydrogen) atoms. The first kappa shape index (κ1) is 19.5. The van der Waals surface area contributed by atoms with Crippen LogP contribution in [0.1, 0.15) is 16.2 Å². The predicted molar refractivity (Wildman–Crippen MR) is 122 cm³/mol. The predicted octanol–water partition coefficient (Wildman–Crippen LogP) is 3.82. The normalized spacial score (nSPS) is 10.6. The molecular weight excluding hydrogens is 396 g/mol. The largest absolute Gasteiger partial charge is 0.332 e. The summed E-state index contributed by atoms with van der Waals surface area (Å²) in [6, 6.07) is 23.3. The van der Waals surface area contributed by atoms with E-state index in [-0.39, 0.29) is 16.6 Å². The average molecular weight is 414 g/mol. The van der Waals surface area contributed by atoms with E-state index in [4.69, 9.17) is 12.2 Å². The molecule has 0 aliphatic rings. The number of para-hydroxylation sites is 1. The molecule has 0 spiro atoms. The maximum Gasteiger partial charge on any atom is 0.265 e. The highest BCUT2D eigenvalue weighted by molar-refractivity contribution is 7.80. The van der Waals surface area contributed by atoms with Crippen LogP contribution in [-0.4, -0.2) is 20.6 Å². The number of nitrogens with zero attached hydrogens (tertiary/aromatic N) is 2. The molecule has 6 nitrogen and oxygen atoms in total. The standard InChI is InChI=1S/C23H18N4O2S/c1-15-24-20-10-6-5-9-19(20)22(29)27(15)18-13-11-17(12-14-18)25-23(30)26-21(28)16-7-3-2-4-8-16/h2-14H,1H3,(H2,25,26,28,30). The van der Waals surface area contributed by atoms with E-state index in [1.54, 1.807) is 66.1 Å². The van der Waals surface area contributed by atoms with Crippen LogP contribution in [0.3, 0.4) is 0 Å². The first-order chi connectivity index (χ1) is 14.5. The molecule has 0 atom stereocenters. The number of hydrogen-bond acceptors (Lipinski definition) is 4. The van der Waals surface area contributed by atoms with Gasteiger partial charge in [-0.1, -0.05) is 30.3 Å². The SMILES string of the molecule is Cc1nc2ccccc2c(=O)n1-c1ccc(NC(=S)NC(=O)c2ccccc2)cc1. The van der Waals surface area contributed by atoms with E-state index in [2.05, 4.69) is 15.6 Å². The molecule has 0 fully saturated rings. The highest BCUT2D eigenvalue weighted by Crippen LogP contribution is 2.15. The van der Waals surface area contributed by atoms with Gasteiger partial charge in [0, 0.05) is 11.3 Å². The Balaban J connectivity index is 1.52. The molecule has 1 aromatic heterocycles. The van der Waals surface area contributed by atoms with Crippen molar-refractivity contribution < 1.29 is 4.79 Å². The van der Waals surface area contributed by atoms with Crippen LogP contribution in [0.5, 0.6) is 0 Å². The summed E-state index contributed by atoms with van der Waals surface area (Å²) in [5.74, 6) is 0.319. The van der Waals surface area contributed by atoms with Crippen LogP contribution in [0.2, 0.25) is 0 Å². The zero-order chi connectivity index (χ0) is 21.1. The molecular formula is C23H18N4O2S. The van der Waals surface area contributed by atoms with Crippen LogP contribution < -0.4 is 16.2 Å². The minimum atomic E-state index is -0.283.